The summed E-state index contributed by atoms with van der Waals surface area (Å²) in [6, 6.07) is 13.0. The summed E-state index contributed by atoms with van der Waals surface area (Å²) in [7, 11) is 0. The minimum atomic E-state index is -0.983. The van der Waals surface area contributed by atoms with Gasteiger partial charge in [0.25, 0.3) is 0 Å². The summed E-state index contributed by atoms with van der Waals surface area (Å²) >= 11 is 3.22. The molecule has 0 spiro atoms. The fourth-order valence-corrected chi connectivity index (χ4v) is 10.3. The number of likely N-dealkylation sites (tertiary alicyclic amines) is 1. The second-order valence-electron chi connectivity index (χ2n) is 18.3. The number of carbonyl (C=O) groups is 4. The molecule has 0 saturated carbocycles. The molecule has 0 bridgehead atoms. The molecule has 0 radical (unpaired) electrons. The van der Waals surface area contributed by atoms with E-state index in [4.69, 9.17) is 24.9 Å². The molecule has 5 aromatic rings. The number of aromatic nitrogens is 4. The second kappa shape index (κ2) is 22.7. The third-order valence-corrected chi connectivity index (χ3v) is 14.2. The first-order valence-electron chi connectivity index (χ1n) is 23.0. The van der Waals surface area contributed by atoms with Gasteiger partial charge in [-0.2, -0.15) is 0 Å². The lowest BCUT2D eigenvalue weighted by molar-refractivity contribution is -0.144. The fourth-order valence-electron chi connectivity index (χ4n) is 8.26. The first kappa shape index (κ1) is 51.0. The molecule has 4 amide bonds. The summed E-state index contributed by atoms with van der Waals surface area (Å²) in [6.07, 6.45) is -0.735. The average molecular weight is 983 g/mol. The quantitative estimate of drug-likeness (QED) is 0.0535. The Hall–Kier alpha value is -5.90. The molecule has 7 rings (SSSR count). The van der Waals surface area contributed by atoms with Crippen LogP contribution >= 0.6 is 22.7 Å². The number of hydrogen-bond donors (Lipinski definition) is 5. The monoisotopic (exact) mass is 982 g/mol. The molecule has 1 saturated heterocycles. The number of aliphatic imine (C=N–C) groups is 1. The van der Waals surface area contributed by atoms with Crippen molar-refractivity contribution in [2.24, 2.45) is 10.4 Å². The number of aliphatic hydroxyl groups excluding tert-OH is 1. The number of nitrogen functional groups attached to an aromatic ring is 1. The Balaban J connectivity index is 0.797. The normalized spacial score (nSPS) is 17.1. The van der Waals surface area contributed by atoms with Gasteiger partial charge >= 0.3 is 0 Å². The molecule has 4 unspecified atom stereocenters. The third-order valence-electron chi connectivity index (χ3n) is 12.1. The van der Waals surface area contributed by atoms with Crippen LogP contribution in [0.5, 0.6) is 0 Å². The van der Waals surface area contributed by atoms with Crippen LogP contribution in [0.25, 0.3) is 15.4 Å². The van der Waals surface area contributed by atoms with Crippen LogP contribution in [0.3, 0.4) is 0 Å². The molecule has 2 aromatic carbocycles. The van der Waals surface area contributed by atoms with Crippen molar-refractivity contribution < 1.29 is 38.5 Å². The number of benzene rings is 2. The summed E-state index contributed by atoms with van der Waals surface area (Å²) in [5.74, 6) is -0.227. The summed E-state index contributed by atoms with van der Waals surface area (Å²) in [6.45, 7) is 14.8. The van der Waals surface area contributed by atoms with Crippen molar-refractivity contribution in [2.45, 2.75) is 92.1 Å². The zero-order valence-corrected chi connectivity index (χ0v) is 41.8. The number of anilines is 1. The number of thiophene rings is 1. The van der Waals surface area contributed by atoms with E-state index < -0.39 is 41.5 Å². The van der Waals surface area contributed by atoms with Gasteiger partial charge in [-0.25, -0.2) is 4.98 Å². The van der Waals surface area contributed by atoms with E-state index in [-0.39, 0.29) is 83.9 Å². The summed E-state index contributed by atoms with van der Waals surface area (Å²) in [4.78, 5) is 66.8. The van der Waals surface area contributed by atoms with E-state index in [0.29, 0.717) is 17.3 Å². The number of rotatable bonds is 20. The minimum Gasteiger partial charge on any atom is -0.399 e. The number of nitrogens with one attached hydrogen (secondary N) is 3. The standard InChI is InChI=1S/C49H62N10O8S2/c1-28-30(3)69-48-41(28)42(33-12-14-35(50)15-13-33)54-37(45-57-56-31(4)59(45)48)23-39(61)51-16-17-65-18-19-66-20-21-67-26-40(62)55-44(49(5,6)7)47(64)58-25-36(60)22-38(58)46(63)52-24-32-8-10-34(11-9-32)43-29(2)53-27-68-43/h8-15,27,36-38,44,60H,16-26,50H2,1-7H3,(H,51,61)(H,52,63)(H,55,62). The Morgan fingerprint density at radius 3 is 2.25 bits per heavy atom. The van der Waals surface area contributed by atoms with Crippen LogP contribution in [-0.2, 0) is 39.9 Å². The molecule has 20 heteroatoms. The van der Waals surface area contributed by atoms with E-state index >= 15 is 0 Å². The number of β-amino-alcohol motifs (C(OH)–C–C–N with tert-alkyl or cyclic N) is 1. The number of thiazole rings is 1. The largest absolute Gasteiger partial charge is 0.399 e. The molecule has 6 N–H and O–H groups in total. The molecule has 368 valence electrons. The Morgan fingerprint density at radius 1 is 0.884 bits per heavy atom. The Morgan fingerprint density at radius 2 is 1.57 bits per heavy atom. The number of carbonyl (C=O) groups excluding carboxylic acids is 4. The Bertz CT molecular complexity index is 2640. The van der Waals surface area contributed by atoms with E-state index in [0.717, 1.165) is 54.0 Å². The molecule has 2 aliphatic rings. The van der Waals surface area contributed by atoms with Crippen LogP contribution in [0, 0.1) is 33.1 Å². The van der Waals surface area contributed by atoms with Crippen LogP contribution in [0.1, 0.15) is 84.1 Å². The highest BCUT2D eigenvalue weighted by atomic mass is 32.1. The van der Waals surface area contributed by atoms with E-state index in [2.05, 4.69) is 45.0 Å². The highest BCUT2D eigenvalue weighted by Crippen LogP contribution is 2.39. The predicted octanol–water partition coefficient (Wildman–Crippen LogP) is 4.53. The second-order valence-corrected chi connectivity index (χ2v) is 20.4. The van der Waals surface area contributed by atoms with Crippen molar-refractivity contribution in [3.8, 4) is 15.4 Å². The molecular weight excluding hydrogens is 921 g/mol. The number of nitrogens with two attached hydrogens (primary N) is 1. The molecule has 3 aromatic heterocycles. The van der Waals surface area contributed by atoms with Gasteiger partial charge in [-0.15, -0.1) is 32.9 Å². The van der Waals surface area contributed by atoms with Gasteiger partial charge in [0, 0.05) is 47.7 Å². The predicted molar refractivity (Wildman–Crippen MR) is 264 cm³/mol. The molecule has 4 atom stereocenters. The Kier molecular flexibility index (Phi) is 16.8. The fraction of sp³-hybridized carbons (Fsp3) is 0.469. The van der Waals surface area contributed by atoms with Crippen molar-refractivity contribution in [1.29, 1.82) is 0 Å². The number of aliphatic hydroxyl groups is 1. The zero-order valence-electron chi connectivity index (χ0n) is 40.2. The minimum absolute atomic E-state index is 0.0280. The third kappa shape index (κ3) is 12.5. The van der Waals surface area contributed by atoms with Gasteiger partial charge in [-0.3, -0.25) is 28.7 Å². The maximum atomic E-state index is 14.0. The zero-order chi connectivity index (χ0) is 49.4. The van der Waals surface area contributed by atoms with Crippen molar-refractivity contribution in [3.63, 3.8) is 0 Å². The molecule has 18 nitrogen and oxygen atoms in total. The highest BCUT2D eigenvalue weighted by Gasteiger charge is 2.44. The van der Waals surface area contributed by atoms with Crippen LogP contribution < -0.4 is 21.7 Å². The smallest absolute Gasteiger partial charge is 0.246 e. The lowest BCUT2D eigenvalue weighted by Crippen LogP contribution is -2.58. The lowest BCUT2D eigenvalue weighted by Gasteiger charge is -2.35. The molecule has 0 aliphatic carbocycles. The van der Waals surface area contributed by atoms with Crippen LogP contribution in [0.2, 0.25) is 0 Å². The van der Waals surface area contributed by atoms with Crippen molar-refractivity contribution in [2.75, 3.05) is 58.5 Å². The first-order valence-corrected chi connectivity index (χ1v) is 24.7. The van der Waals surface area contributed by atoms with Gasteiger partial charge in [-0.05, 0) is 61.9 Å². The van der Waals surface area contributed by atoms with Gasteiger partial charge in [0.2, 0.25) is 23.6 Å². The van der Waals surface area contributed by atoms with E-state index in [1.165, 1.54) is 4.90 Å². The summed E-state index contributed by atoms with van der Waals surface area (Å²) < 4.78 is 18.8. The van der Waals surface area contributed by atoms with Gasteiger partial charge in [0.15, 0.2) is 5.82 Å². The maximum absolute atomic E-state index is 14.0. The van der Waals surface area contributed by atoms with Gasteiger partial charge in [-0.1, -0.05) is 57.2 Å². The average Bonchev–Trinajstić information content (AvgIpc) is 4.08. The number of amides is 4. The number of nitrogens with zero attached hydrogens (tertiary/aromatic N) is 6. The molecule has 69 heavy (non-hydrogen) atoms. The number of fused-ring (bicyclic) bond motifs is 3. The van der Waals surface area contributed by atoms with Crippen LogP contribution in [0.4, 0.5) is 5.69 Å². The Labute approximate surface area is 410 Å². The van der Waals surface area contributed by atoms with Crippen LogP contribution in [-0.4, -0.2) is 130 Å². The van der Waals surface area contributed by atoms with Crippen molar-refractivity contribution >= 4 is 57.7 Å². The van der Waals surface area contributed by atoms with E-state index in [1.807, 2.05) is 93.2 Å². The SMILES string of the molecule is Cc1ncsc1-c1ccc(CNC(=O)C2CC(O)CN2C(=O)C(NC(=O)COCCOCCOCCNC(=O)CC2N=C(c3ccc(N)cc3)c3c(sc(C)c3C)-n3c(C)nnc32)C(C)(C)C)cc1. The molecule has 2 aliphatic heterocycles. The maximum Gasteiger partial charge on any atom is 0.246 e. The highest BCUT2D eigenvalue weighted by molar-refractivity contribution is 7.15. The lowest BCUT2D eigenvalue weighted by atomic mass is 9.85. The van der Waals surface area contributed by atoms with Gasteiger partial charge < -0.3 is 45.9 Å². The molecule has 5 heterocycles. The van der Waals surface area contributed by atoms with E-state index in [1.54, 1.807) is 22.7 Å². The number of ether oxygens (including phenoxy) is 3. The van der Waals surface area contributed by atoms with Crippen LogP contribution in [0.15, 0.2) is 59.0 Å². The number of aryl methyl sites for hydroxylation is 3. The van der Waals surface area contributed by atoms with E-state index in [9.17, 15) is 24.3 Å². The molecule has 1 fully saturated rings. The van der Waals surface area contributed by atoms with Crippen molar-refractivity contribution in [1.82, 2.24) is 40.6 Å². The van der Waals surface area contributed by atoms with Crippen molar-refractivity contribution in [3.05, 3.63) is 98.5 Å². The van der Waals surface area contributed by atoms with Gasteiger partial charge in [0.05, 0.1) is 67.4 Å². The number of hydrogen-bond acceptors (Lipinski definition) is 15. The summed E-state index contributed by atoms with van der Waals surface area (Å²) in [5.41, 5.74) is 14.4. The van der Waals surface area contributed by atoms with Gasteiger partial charge in [0.1, 0.15) is 35.6 Å². The first-order chi connectivity index (χ1) is 33.0. The topological polar surface area (TPSA) is 238 Å². The molecular formula is C49H62N10O8S2. The summed E-state index contributed by atoms with van der Waals surface area (Å²) in [5, 5.41) is 29.0.